The predicted molar refractivity (Wildman–Crippen MR) is 140 cm³/mol. The molecule has 0 fully saturated rings. The number of benzene rings is 3. The third-order valence-corrected chi connectivity index (χ3v) is 5.98. The molecule has 0 aliphatic rings. The monoisotopic (exact) mass is 481 g/mol. The zero-order valence-corrected chi connectivity index (χ0v) is 20.4. The van der Waals surface area contributed by atoms with Gasteiger partial charge in [0, 0.05) is 29.9 Å². The number of rotatable bonds is 8. The molecular weight excluding hydrogens is 454 g/mol. The number of hydrogen-bond donors (Lipinski definition) is 1. The number of H-pyrrole nitrogens is 1. The van der Waals surface area contributed by atoms with Gasteiger partial charge in [0.2, 0.25) is 0 Å². The number of nitrogens with one attached hydrogen (secondary N) is 1. The molecule has 0 bridgehead atoms. The highest BCUT2D eigenvalue weighted by molar-refractivity contribution is 5.81. The van der Waals surface area contributed by atoms with E-state index in [-0.39, 0.29) is 5.56 Å². The molecule has 0 aliphatic heterocycles. The minimum Gasteiger partial charge on any atom is -0.493 e. The van der Waals surface area contributed by atoms with Crippen LogP contribution in [0.5, 0.6) is 11.5 Å². The van der Waals surface area contributed by atoms with E-state index in [2.05, 4.69) is 33.2 Å². The van der Waals surface area contributed by atoms with E-state index in [4.69, 9.17) is 14.6 Å². The van der Waals surface area contributed by atoms with Crippen LogP contribution in [0.1, 0.15) is 11.4 Å². The molecule has 2 aromatic heterocycles. The zero-order valence-electron chi connectivity index (χ0n) is 20.4. The lowest BCUT2D eigenvalue weighted by Crippen LogP contribution is -2.22. The summed E-state index contributed by atoms with van der Waals surface area (Å²) in [7, 11) is 5.09. The second-order valence-corrected chi connectivity index (χ2v) is 8.56. The molecule has 0 aliphatic carbocycles. The summed E-state index contributed by atoms with van der Waals surface area (Å²) in [6.45, 7) is 1.06. The number of aromatic amines is 1. The van der Waals surface area contributed by atoms with Crippen molar-refractivity contribution in [2.45, 2.75) is 13.1 Å². The van der Waals surface area contributed by atoms with Crippen molar-refractivity contribution in [1.29, 1.82) is 0 Å². The first-order valence-corrected chi connectivity index (χ1v) is 11.6. The van der Waals surface area contributed by atoms with Gasteiger partial charge in [0.25, 0.3) is 5.56 Å². The van der Waals surface area contributed by atoms with Crippen LogP contribution in [-0.2, 0) is 13.1 Å². The standard InChI is InChI=1S/C28H27N5O3/c1-32(18-26-29-23-15-25(36-3)24(35-2)14-22(23)28(34)30-26)16-20-17-33(21-12-8-5-9-13-21)31-27(20)19-10-6-4-7-11-19/h4-15,17H,16,18H2,1-3H3,(H,29,30,34). The lowest BCUT2D eigenvalue weighted by molar-refractivity contribution is 0.311. The van der Waals surface area contributed by atoms with E-state index < -0.39 is 0 Å². The number of fused-ring (bicyclic) bond motifs is 1. The Bertz CT molecular complexity index is 1540. The average molecular weight is 482 g/mol. The smallest absolute Gasteiger partial charge is 0.258 e. The summed E-state index contributed by atoms with van der Waals surface area (Å²) in [4.78, 5) is 22.5. The quantitative estimate of drug-likeness (QED) is 0.353. The maximum Gasteiger partial charge on any atom is 0.258 e. The van der Waals surface area contributed by atoms with Gasteiger partial charge in [0.15, 0.2) is 11.5 Å². The van der Waals surface area contributed by atoms with Gasteiger partial charge in [-0.25, -0.2) is 9.67 Å². The van der Waals surface area contributed by atoms with Crippen molar-refractivity contribution in [3.8, 4) is 28.4 Å². The van der Waals surface area contributed by atoms with E-state index in [9.17, 15) is 4.79 Å². The summed E-state index contributed by atoms with van der Waals surface area (Å²) in [5, 5.41) is 5.35. The Hall–Kier alpha value is -4.43. The molecule has 0 saturated carbocycles. The Morgan fingerprint density at radius 3 is 2.28 bits per heavy atom. The van der Waals surface area contributed by atoms with Gasteiger partial charge in [-0.15, -0.1) is 0 Å². The summed E-state index contributed by atoms with van der Waals surface area (Å²) in [6, 6.07) is 23.6. The van der Waals surface area contributed by atoms with Crippen LogP contribution in [0.2, 0.25) is 0 Å². The third kappa shape index (κ3) is 4.71. The van der Waals surface area contributed by atoms with Crippen LogP contribution in [0.3, 0.4) is 0 Å². The molecule has 8 nitrogen and oxygen atoms in total. The molecule has 36 heavy (non-hydrogen) atoms. The molecule has 182 valence electrons. The highest BCUT2D eigenvalue weighted by atomic mass is 16.5. The topological polar surface area (TPSA) is 85.3 Å². The molecule has 0 radical (unpaired) electrons. The summed E-state index contributed by atoms with van der Waals surface area (Å²) < 4.78 is 12.6. The Morgan fingerprint density at radius 2 is 1.58 bits per heavy atom. The lowest BCUT2D eigenvalue weighted by atomic mass is 10.1. The van der Waals surface area contributed by atoms with Crippen molar-refractivity contribution < 1.29 is 9.47 Å². The van der Waals surface area contributed by atoms with Crippen molar-refractivity contribution in [2.24, 2.45) is 0 Å². The molecule has 5 aromatic rings. The fourth-order valence-electron chi connectivity index (χ4n) is 4.27. The minimum atomic E-state index is -0.216. The maximum absolute atomic E-state index is 12.8. The van der Waals surface area contributed by atoms with Crippen molar-refractivity contribution in [2.75, 3.05) is 21.3 Å². The first-order chi connectivity index (χ1) is 17.6. The predicted octanol–water partition coefficient (Wildman–Crippen LogP) is 4.43. The number of aromatic nitrogens is 4. The van der Waals surface area contributed by atoms with Crippen molar-refractivity contribution >= 4 is 10.9 Å². The van der Waals surface area contributed by atoms with Crippen LogP contribution < -0.4 is 15.0 Å². The second kappa shape index (κ2) is 10.1. The van der Waals surface area contributed by atoms with Gasteiger partial charge in [0.05, 0.1) is 43.0 Å². The summed E-state index contributed by atoms with van der Waals surface area (Å²) in [5.74, 6) is 1.59. The van der Waals surface area contributed by atoms with Gasteiger partial charge in [0.1, 0.15) is 5.82 Å². The fourth-order valence-corrected chi connectivity index (χ4v) is 4.27. The van der Waals surface area contributed by atoms with Crippen LogP contribution in [0.4, 0.5) is 0 Å². The minimum absolute atomic E-state index is 0.216. The molecule has 5 rings (SSSR count). The van der Waals surface area contributed by atoms with Crippen molar-refractivity contribution in [3.63, 3.8) is 0 Å². The number of methoxy groups -OCH3 is 2. The molecule has 3 aromatic carbocycles. The third-order valence-electron chi connectivity index (χ3n) is 5.98. The number of nitrogens with zero attached hydrogens (tertiary/aromatic N) is 4. The fraction of sp³-hybridized carbons (Fsp3) is 0.179. The largest absolute Gasteiger partial charge is 0.493 e. The molecule has 0 unspecified atom stereocenters. The Kier molecular flexibility index (Phi) is 6.51. The van der Waals surface area contributed by atoms with Gasteiger partial charge in [-0.2, -0.15) is 5.10 Å². The van der Waals surface area contributed by atoms with Gasteiger partial charge >= 0.3 is 0 Å². The second-order valence-electron chi connectivity index (χ2n) is 8.56. The summed E-state index contributed by atoms with van der Waals surface area (Å²) in [5.41, 5.74) is 4.38. The molecule has 0 saturated heterocycles. The van der Waals surface area contributed by atoms with E-state index in [0.29, 0.717) is 41.3 Å². The Labute approximate surface area is 208 Å². The van der Waals surface area contributed by atoms with Gasteiger partial charge in [-0.1, -0.05) is 48.5 Å². The highest BCUT2D eigenvalue weighted by Gasteiger charge is 2.16. The van der Waals surface area contributed by atoms with Crippen LogP contribution in [0.25, 0.3) is 27.8 Å². The number of para-hydroxylation sites is 1. The van der Waals surface area contributed by atoms with E-state index in [1.165, 1.54) is 7.11 Å². The lowest BCUT2D eigenvalue weighted by Gasteiger charge is -2.16. The van der Waals surface area contributed by atoms with Crippen LogP contribution in [0.15, 0.2) is 83.8 Å². The van der Waals surface area contributed by atoms with Crippen molar-refractivity contribution in [3.05, 3.63) is 101 Å². The number of hydrogen-bond acceptors (Lipinski definition) is 6. The van der Waals surface area contributed by atoms with Crippen LogP contribution >= 0.6 is 0 Å². The zero-order chi connectivity index (χ0) is 25.1. The van der Waals surface area contributed by atoms with Crippen LogP contribution in [0, 0.1) is 0 Å². The van der Waals surface area contributed by atoms with Gasteiger partial charge in [-0.05, 0) is 25.2 Å². The first kappa shape index (κ1) is 23.3. The SMILES string of the molecule is COc1cc2nc(CN(C)Cc3cn(-c4ccccc4)nc3-c3ccccc3)[nH]c(=O)c2cc1OC. The Balaban J connectivity index is 1.45. The normalized spacial score (nSPS) is 11.2. The van der Waals surface area contributed by atoms with E-state index in [0.717, 1.165) is 22.5 Å². The van der Waals surface area contributed by atoms with E-state index in [1.54, 1.807) is 19.2 Å². The average Bonchev–Trinajstić information content (AvgIpc) is 3.32. The molecule has 0 spiro atoms. The van der Waals surface area contributed by atoms with E-state index in [1.807, 2.05) is 60.3 Å². The molecule has 0 atom stereocenters. The first-order valence-electron chi connectivity index (χ1n) is 11.6. The molecule has 1 N–H and O–H groups in total. The maximum atomic E-state index is 12.8. The van der Waals surface area contributed by atoms with Gasteiger partial charge < -0.3 is 14.5 Å². The summed E-state index contributed by atoms with van der Waals surface area (Å²) in [6.07, 6.45) is 2.06. The van der Waals surface area contributed by atoms with E-state index >= 15 is 0 Å². The highest BCUT2D eigenvalue weighted by Crippen LogP contribution is 2.30. The molecule has 8 heteroatoms. The molecule has 0 amide bonds. The molecule has 2 heterocycles. The molecular formula is C28H27N5O3. The van der Waals surface area contributed by atoms with Crippen molar-refractivity contribution in [1.82, 2.24) is 24.6 Å². The summed E-state index contributed by atoms with van der Waals surface area (Å²) >= 11 is 0. The Morgan fingerprint density at radius 1 is 0.917 bits per heavy atom. The number of ether oxygens (including phenoxy) is 2. The van der Waals surface area contributed by atoms with Gasteiger partial charge in [-0.3, -0.25) is 9.69 Å². The van der Waals surface area contributed by atoms with Crippen LogP contribution in [-0.4, -0.2) is 45.9 Å².